The number of hydrogen-bond acceptors (Lipinski definition) is 3. The van der Waals surface area contributed by atoms with Gasteiger partial charge in [-0.25, -0.2) is 9.97 Å². The van der Waals surface area contributed by atoms with Crippen LogP contribution in [0.3, 0.4) is 0 Å². The van der Waals surface area contributed by atoms with Gasteiger partial charge in [0.05, 0.1) is 0 Å². The van der Waals surface area contributed by atoms with Crippen molar-refractivity contribution in [2.24, 2.45) is 5.92 Å². The molecule has 1 aliphatic heterocycles. The standard InChI is InChI=1S/C11H15BrIN3/c1-8(12)9-2-4-16(5-3-9)11-14-6-10(13)7-15-11/h6-9H,2-5H2,1H3. The highest BCUT2D eigenvalue weighted by atomic mass is 127. The lowest BCUT2D eigenvalue weighted by Gasteiger charge is -2.33. The van der Waals surface area contributed by atoms with Crippen molar-refractivity contribution in [1.82, 2.24) is 9.97 Å². The van der Waals surface area contributed by atoms with Crippen LogP contribution in [0.25, 0.3) is 0 Å². The van der Waals surface area contributed by atoms with Gasteiger partial charge in [-0.15, -0.1) is 0 Å². The number of halogens is 2. The summed E-state index contributed by atoms with van der Waals surface area (Å²) >= 11 is 5.90. The van der Waals surface area contributed by atoms with Crippen LogP contribution in [0.5, 0.6) is 0 Å². The van der Waals surface area contributed by atoms with Crippen molar-refractivity contribution in [1.29, 1.82) is 0 Å². The lowest BCUT2D eigenvalue weighted by molar-refractivity contribution is 0.404. The summed E-state index contributed by atoms with van der Waals surface area (Å²) in [6.07, 6.45) is 6.20. The van der Waals surface area contributed by atoms with Crippen LogP contribution in [0.4, 0.5) is 5.95 Å². The predicted molar refractivity (Wildman–Crippen MR) is 78.1 cm³/mol. The van der Waals surface area contributed by atoms with Crippen molar-refractivity contribution in [2.75, 3.05) is 18.0 Å². The van der Waals surface area contributed by atoms with Crippen LogP contribution < -0.4 is 4.90 Å². The second-order valence-electron chi connectivity index (χ2n) is 4.20. The van der Waals surface area contributed by atoms with Gasteiger partial charge in [0.25, 0.3) is 0 Å². The zero-order valence-corrected chi connectivity index (χ0v) is 13.0. The molecule has 2 rings (SSSR count). The largest absolute Gasteiger partial charge is 0.341 e. The zero-order chi connectivity index (χ0) is 11.5. The third-order valence-electron chi connectivity index (χ3n) is 3.08. The number of alkyl halides is 1. The van der Waals surface area contributed by atoms with E-state index in [4.69, 9.17) is 0 Å². The van der Waals surface area contributed by atoms with E-state index in [1.54, 1.807) is 0 Å². The SMILES string of the molecule is CC(Br)C1CCN(c2ncc(I)cn2)CC1. The molecule has 0 radical (unpaired) electrons. The smallest absolute Gasteiger partial charge is 0.225 e. The van der Waals surface area contributed by atoms with E-state index in [1.165, 1.54) is 12.8 Å². The monoisotopic (exact) mass is 395 g/mol. The van der Waals surface area contributed by atoms with Gasteiger partial charge >= 0.3 is 0 Å². The van der Waals surface area contributed by atoms with Crippen LogP contribution >= 0.6 is 38.5 Å². The van der Waals surface area contributed by atoms with Crippen LogP contribution in [0.1, 0.15) is 19.8 Å². The predicted octanol–water partition coefficient (Wildman–Crippen LogP) is 3.08. The van der Waals surface area contributed by atoms with Crippen molar-refractivity contribution >= 4 is 44.5 Å². The molecule has 0 spiro atoms. The minimum Gasteiger partial charge on any atom is -0.341 e. The third kappa shape index (κ3) is 3.06. The van der Waals surface area contributed by atoms with Gasteiger partial charge in [0.1, 0.15) is 0 Å². The van der Waals surface area contributed by atoms with Crippen molar-refractivity contribution in [3.63, 3.8) is 0 Å². The van der Waals surface area contributed by atoms with Crippen molar-refractivity contribution in [3.8, 4) is 0 Å². The highest BCUT2D eigenvalue weighted by molar-refractivity contribution is 14.1. The van der Waals surface area contributed by atoms with Gasteiger partial charge < -0.3 is 4.90 Å². The second kappa shape index (κ2) is 5.62. The molecule has 1 aliphatic rings. The Labute approximate surface area is 118 Å². The van der Waals surface area contributed by atoms with E-state index in [0.717, 1.165) is 28.5 Å². The highest BCUT2D eigenvalue weighted by Crippen LogP contribution is 2.26. The molecular formula is C11H15BrIN3. The average Bonchev–Trinajstić information content (AvgIpc) is 2.30. The summed E-state index contributed by atoms with van der Waals surface area (Å²) in [5, 5.41) is 0. The number of aromatic nitrogens is 2. The Hall–Kier alpha value is 0.0900. The Morgan fingerprint density at radius 2 is 1.94 bits per heavy atom. The fraction of sp³-hybridized carbons (Fsp3) is 0.636. The van der Waals surface area contributed by atoms with Crippen molar-refractivity contribution in [2.45, 2.75) is 24.6 Å². The van der Waals surface area contributed by atoms with Gasteiger partial charge in [-0.3, -0.25) is 0 Å². The lowest BCUT2D eigenvalue weighted by atomic mass is 9.94. The molecule has 1 unspecified atom stereocenters. The molecule has 1 aromatic rings. The van der Waals surface area contributed by atoms with Gasteiger partial charge in [-0.1, -0.05) is 22.9 Å². The molecule has 16 heavy (non-hydrogen) atoms. The minimum atomic E-state index is 0.618. The van der Waals surface area contributed by atoms with E-state index in [-0.39, 0.29) is 0 Å². The Kier molecular flexibility index (Phi) is 4.41. The summed E-state index contributed by atoms with van der Waals surface area (Å²) in [5.74, 6) is 1.67. The van der Waals surface area contributed by atoms with Crippen LogP contribution in [-0.4, -0.2) is 27.9 Å². The number of hydrogen-bond donors (Lipinski definition) is 0. The Morgan fingerprint density at radius 3 is 2.44 bits per heavy atom. The molecule has 88 valence electrons. The molecule has 0 amide bonds. The molecule has 1 fully saturated rings. The molecule has 0 aromatic carbocycles. The first kappa shape index (κ1) is 12.5. The van der Waals surface area contributed by atoms with E-state index in [0.29, 0.717) is 4.83 Å². The van der Waals surface area contributed by atoms with E-state index >= 15 is 0 Å². The first-order chi connectivity index (χ1) is 7.66. The molecule has 2 heterocycles. The van der Waals surface area contributed by atoms with Crippen LogP contribution in [0.15, 0.2) is 12.4 Å². The van der Waals surface area contributed by atoms with Crippen molar-refractivity contribution in [3.05, 3.63) is 16.0 Å². The maximum Gasteiger partial charge on any atom is 0.225 e. The summed E-state index contributed by atoms with van der Waals surface area (Å²) in [6.45, 7) is 4.38. The van der Waals surface area contributed by atoms with E-state index in [1.807, 2.05) is 12.4 Å². The minimum absolute atomic E-state index is 0.618. The molecule has 1 atom stereocenters. The summed E-state index contributed by atoms with van der Waals surface area (Å²) in [5.41, 5.74) is 0. The molecule has 0 aliphatic carbocycles. The highest BCUT2D eigenvalue weighted by Gasteiger charge is 2.23. The first-order valence-corrected chi connectivity index (χ1v) is 7.53. The molecule has 5 heteroatoms. The maximum absolute atomic E-state index is 4.37. The molecule has 3 nitrogen and oxygen atoms in total. The second-order valence-corrected chi connectivity index (χ2v) is 6.89. The number of anilines is 1. The Morgan fingerprint density at radius 1 is 1.38 bits per heavy atom. The molecule has 1 aromatic heterocycles. The normalized spacial score (nSPS) is 19.8. The first-order valence-electron chi connectivity index (χ1n) is 5.53. The van der Waals surface area contributed by atoms with Crippen LogP contribution in [-0.2, 0) is 0 Å². The van der Waals surface area contributed by atoms with E-state index in [9.17, 15) is 0 Å². The van der Waals surface area contributed by atoms with Gasteiger partial charge in [-0.2, -0.15) is 0 Å². The third-order valence-corrected chi connectivity index (χ3v) is 4.38. The summed E-state index contributed by atoms with van der Waals surface area (Å²) in [6, 6.07) is 0. The molecule has 1 saturated heterocycles. The summed E-state index contributed by atoms with van der Waals surface area (Å²) in [4.78, 5) is 11.6. The molecular weight excluding hydrogens is 381 g/mol. The number of piperidine rings is 1. The molecule has 0 N–H and O–H groups in total. The summed E-state index contributed by atoms with van der Waals surface area (Å²) < 4.78 is 1.09. The Balaban J connectivity index is 1.96. The summed E-state index contributed by atoms with van der Waals surface area (Å²) in [7, 11) is 0. The lowest BCUT2D eigenvalue weighted by Crippen LogP contribution is -2.36. The number of rotatable bonds is 2. The fourth-order valence-corrected chi connectivity index (χ4v) is 2.83. The van der Waals surface area contributed by atoms with E-state index in [2.05, 4.69) is 60.3 Å². The van der Waals surface area contributed by atoms with Gasteiger partial charge in [0.2, 0.25) is 5.95 Å². The van der Waals surface area contributed by atoms with Crippen molar-refractivity contribution < 1.29 is 0 Å². The van der Waals surface area contributed by atoms with Crippen LogP contribution in [0, 0.1) is 9.49 Å². The molecule has 0 bridgehead atoms. The topological polar surface area (TPSA) is 29.0 Å². The fourth-order valence-electron chi connectivity index (χ4n) is 2.03. The zero-order valence-electron chi connectivity index (χ0n) is 9.24. The molecule has 0 saturated carbocycles. The maximum atomic E-state index is 4.37. The average molecular weight is 396 g/mol. The van der Waals surface area contributed by atoms with Gasteiger partial charge in [0, 0.05) is 33.9 Å². The number of nitrogens with zero attached hydrogens (tertiary/aromatic N) is 3. The van der Waals surface area contributed by atoms with E-state index < -0.39 is 0 Å². The van der Waals surface area contributed by atoms with Gasteiger partial charge in [0.15, 0.2) is 0 Å². The Bertz CT molecular complexity index is 334. The van der Waals surface area contributed by atoms with Gasteiger partial charge in [-0.05, 0) is 41.4 Å². The quantitative estimate of drug-likeness (QED) is 0.569. The van der Waals surface area contributed by atoms with Crippen LogP contribution in [0.2, 0.25) is 0 Å².